The van der Waals surface area contributed by atoms with E-state index in [2.05, 4.69) is 10.4 Å². The van der Waals surface area contributed by atoms with Crippen molar-refractivity contribution in [1.82, 2.24) is 15.1 Å². The van der Waals surface area contributed by atoms with Gasteiger partial charge in [0.25, 0.3) is 0 Å². The lowest BCUT2D eigenvalue weighted by molar-refractivity contribution is -0.00485. The summed E-state index contributed by atoms with van der Waals surface area (Å²) in [6.45, 7) is 0. The van der Waals surface area contributed by atoms with Crippen LogP contribution in [0, 0.1) is 17.8 Å². The Balaban J connectivity index is 1.73. The highest BCUT2D eigenvalue weighted by Gasteiger charge is 2.52. The summed E-state index contributed by atoms with van der Waals surface area (Å²) in [7, 11) is 1.62. The van der Waals surface area contributed by atoms with Gasteiger partial charge in [0.05, 0.1) is 0 Å². The third-order valence-corrected chi connectivity index (χ3v) is 5.77. The van der Waals surface area contributed by atoms with Crippen molar-refractivity contribution >= 4 is 11.8 Å². The van der Waals surface area contributed by atoms with Gasteiger partial charge >= 0.3 is 6.03 Å². The molecule has 4 fully saturated rings. The largest absolute Gasteiger partial charge is 0.382 e. The van der Waals surface area contributed by atoms with E-state index >= 15 is 0 Å². The lowest BCUT2D eigenvalue weighted by Crippen LogP contribution is -2.48. The van der Waals surface area contributed by atoms with E-state index in [-0.39, 0.29) is 11.4 Å². The average molecular weight is 274 g/mol. The Morgan fingerprint density at radius 1 is 1.30 bits per heavy atom. The third-order valence-electron chi connectivity index (χ3n) is 5.77. The van der Waals surface area contributed by atoms with Gasteiger partial charge in [0, 0.05) is 24.2 Å². The zero-order valence-electron chi connectivity index (χ0n) is 11.9. The van der Waals surface area contributed by atoms with Crippen LogP contribution in [-0.2, 0) is 5.41 Å². The molecule has 4 aliphatic rings. The van der Waals surface area contributed by atoms with E-state index in [4.69, 9.17) is 5.73 Å². The molecule has 1 heterocycles. The zero-order chi connectivity index (χ0) is 13.9. The number of amides is 1. The number of nitrogens with zero attached hydrogens (tertiary/aromatic N) is 2. The second kappa shape index (κ2) is 3.99. The van der Waals surface area contributed by atoms with Crippen molar-refractivity contribution in [3.63, 3.8) is 0 Å². The number of hydrogen-bond donors (Lipinski definition) is 2. The molecule has 0 spiro atoms. The molecule has 20 heavy (non-hydrogen) atoms. The van der Waals surface area contributed by atoms with Gasteiger partial charge in [-0.15, -0.1) is 5.10 Å². The lowest BCUT2D eigenvalue weighted by atomic mass is 9.48. The summed E-state index contributed by atoms with van der Waals surface area (Å²) in [6, 6.07) is -0.215. The Morgan fingerprint density at radius 2 is 1.85 bits per heavy atom. The van der Waals surface area contributed by atoms with Gasteiger partial charge in [-0.3, -0.25) is 0 Å². The minimum atomic E-state index is -0.215. The quantitative estimate of drug-likeness (QED) is 0.824. The van der Waals surface area contributed by atoms with E-state index in [0.717, 1.165) is 23.3 Å². The Morgan fingerprint density at radius 3 is 2.35 bits per heavy atom. The molecular formula is C15H22N4O. The fraction of sp³-hybridized carbons (Fsp3) is 0.733. The predicted octanol–water partition coefficient (Wildman–Crippen LogP) is 2.12. The maximum Gasteiger partial charge on any atom is 0.341 e. The summed E-state index contributed by atoms with van der Waals surface area (Å²) >= 11 is 0. The maximum absolute atomic E-state index is 11.7. The van der Waals surface area contributed by atoms with Gasteiger partial charge in [-0.25, -0.2) is 4.79 Å². The first-order chi connectivity index (χ1) is 9.59. The molecule has 0 unspecified atom stereocenters. The molecule has 5 nitrogen and oxygen atoms in total. The first-order valence-electron chi connectivity index (χ1n) is 7.67. The van der Waals surface area contributed by atoms with Gasteiger partial charge in [-0.2, -0.15) is 4.68 Å². The van der Waals surface area contributed by atoms with E-state index in [1.165, 1.54) is 43.2 Å². The summed E-state index contributed by atoms with van der Waals surface area (Å²) in [6.07, 6.45) is 9.81. The number of rotatable bonds is 1. The van der Waals surface area contributed by atoms with Crippen molar-refractivity contribution in [1.29, 1.82) is 0 Å². The van der Waals surface area contributed by atoms with Crippen LogP contribution in [0.1, 0.15) is 44.1 Å². The molecule has 1 amide bonds. The summed E-state index contributed by atoms with van der Waals surface area (Å²) in [5.41, 5.74) is 7.47. The molecule has 1 aromatic heterocycles. The second-order valence-corrected chi connectivity index (χ2v) is 7.13. The van der Waals surface area contributed by atoms with Crippen LogP contribution in [0.5, 0.6) is 0 Å². The number of carbonyl (C=O) groups is 1. The van der Waals surface area contributed by atoms with E-state index in [1.54, 1.807) is 7.05 Å². The van der Waals surface area contributed by atoms with E-state index in [9.17, 15) is 4.79 Å². The van der Waals surface area contributed by atoms with E-state index in [0.29, 0.717) is 5.82 Å². The number of hydrogen-bond acceptors (Lipinski definition) is 3. The minimum Gasteiger partial charge on any atom is -0.382 e. The van der Waals surface area contributed by atoms with Gasteiger partial charge in [0.1, 0.15) is 5.82 Å². The van der Waals surface area contributed by atoms with Crippen LogP contribution < -0.4 is 11.1 Å². The Bertz CT molecular complexity index is 527. The van der Waals surface area contributed by atoms with Crippen LogP contribution in [0.15, 0.2) is 6.20 Å². The zero-order valence-corrected chi connectivity index (χ0v) is 11.9. The van der Waals surface area contributed by atoms with Crippen LogP contribution in [0.4, 0.5) is 10.6 Å². The van der Waals surface area contributed by atoms with Gasteiger partial charge in [-0.1, -0.05) is 0 Å². The summed E-state index contributed by atoms with van der Waals surface area (Å²) in [5.74, 6) is 3.15. The van der Waals surface area contributed by atoms with Gasteiger partial charge in [-0.05, 0) is 56.3 Å². The molecule has 5 heteroatoms. The molecule has 0 aliphatic heterocycles. The third kappa shape index (κ3) is 1.61. The molecule has 5 rings (SSSR count). The first kappa shape index (κ1) is 12.2. The van der Waals surface area contributed by atoms with Crippen molar-refractivity contribution in [2.75, 3.05) is 12.8 Å². The van der Waals surface area contributed by atoms with Crippen LogP contribution in [0.25, 0.3) is 0 Å². The molecule has 108 valence electrons. The monoisotopic (exact) mass is 274 g/mol. The summed E-state index contributed by atoms with van der Waals surface area (Å²) in [4.78, 5) is 11.7. The summed E-state index contributed by atoms with van der Waals surface area (Å²) < 4.78 is 1.36. The summed E-state index contributed by atoms with van der Waals surface area (Å²) in [5, 5.41) is 6.82. The van der Waals surface area contributed by atoms with Crippen LogP contribution in [-0.4, -0.2) is 22.9 Å². The molecule has 1 aromatic rings. The number of carbonyl (C=O) groups excluding carboxylic acids is 1. The normalized spacial score (nSPS) is 38.1. The maximum atomic E-state index is 11.7. The van der Waals surface area contributed by atoms with Crippen LogP contribution in [0.3, 0.4) is 0 Å². The number of aromatic nitrogens is 2. The number of nitrogens with one attached hydrogen (secondary N) is 1. The first-order valence-corrected chi connectivity index (χ1v) is 7.67. The molecule has 4 bridgehead atoms. The van der Waals surface area contributed by atoms with Crippen LogP contribution in [0.2, 0.25) is 0 Å². The Kier molecular flexibility index (Phi) is 2.44. The van der Waals surface area contributed by atoms with Crippen molar-refractivity contribution in [3.8, 4) is 0 Å². The molecule has 4 saturated carbocycles. The average Bonchev–Trinajstić information content (AvgIpc) is 2.79. The highest BCUT2D eigenvalue weighted by Crippen LogP contribution is 2.61. The SMILES string of the molecule is CNC(=O)n1cc(C23CC4CC(CC(C4)C2)C3)c(N)n1. The highest BCUT2D eigenvalue weighted by atomic mass is 16.2. The van der Waals surface area contributed by atoms with Crippen LogP contribution >= 0.6 is 0 Å². The lowest BCUT2D eigenvalue weighted by Gasteiger charge is -2.56. The Labute approximate surface area is 118 Å². The van der Waals surface area contributed by atoms with Gasteiger partial charge in [0.15, 0.2) is 0 Å². The fourth-order valence-electron chi connectivity index (χ4n) is 5.45. The minimum absolute atomic E-state index is 0.200. The molecule has 0 atom stereocenters. The van der Waals surface area contributed by atoms with Crippen molar-refractivity contribution in [3.05, 3.63) is 11.8 Å². The molecule has 0 radical (unpaired) electrons. The second-order valence-electron chi connectivity index (χ2n) is 7.13. The van der Waals surface area contributed by atoms with Crippen molar-refractivity contribution < 1.29 is 4.79 Å². The Hall–Kier alpha value is -1.52. The molecular weight excluding hydrogens is 252 g/mol. The van der Waals surface area contributed by atoms with Crippen molar-refractivity contribution in [2.24, 2.45) is 17.8 Å². The number of anilines is 1. The molecule has 0 aromatic carbocycles. The molecule has 0 saturated heterocycles. The predicted molar refractivity (Wildman–Crippen MR) is 76.3 cm³/mol. The van der Waals surface area contributed by atoms with Crippen molar-refractivity contribution in [2.45, 2.75) is 43.9 Å². The van der Waals surface area contributed by atoms with Gasteiger partial charge < -0.3 is 11.1 Å². The highest BCUT2D eigenvalue weighted by molar-refractivity contribution is 5.76. The number of nitrogens with two attached hydrogens (primary N) is 1. The standard InChI is InChI=1S/C15H22N4O/c1-17-14(20)19-8-12(13(16)18-19)15-5-9-2-10(6-15)4-11(3-9)7-15/h8-11H,2-7H2,1H3,(H2,16,18)(H,17,20). The van der Waals surface area contributed by atoms with E-state index < -0.39 is 0 Å². The fourth-order valence-corrected chi connectivity index (χ4v) is 5.45. The smallest absolute Gasteiger partial charge is 0.341 e. The molecule has 4 aliphatic carbocycles. The van der Waals surface area contributed by atoms with E-state index in [1.807, 2.05) is 6.20 Å². The molecule has 3 N–H and O–H groups in total. The topological polar surface area (TPSA) is 72.9 Å². The number of nitrogen functional groups attached to an aromatic ring is 1. The van der Waals surface area contributed by atoms with Gasteiger partial charge in [0.2, 0.25) is 0 Å².